The molecule has 2 heteroatoms. The number of ketones is 1. The van der Waals surface area contributed by atoms with E-state index < -0.39 is 6.10 Å². The molecule has 0 aliphatic heterocycles. The summed E-state index contributed by atoms with van der Waals surface area (Å²) in [6.07, 6.45) is 2.64. The van der Waals surface area contributed by atoms with E-state index in [1.807, 2.05) is 18.2 Å². The first kappa shape index (κ1) is 14.3. The fourth-order valence-electron chi connectivity index (χ4n) is 3.28. The number of aliphatic hydroxyl groups excluding tert-OH is 1. The van der Waals surface area contributed by atoms with Crippen molar-refractivity contribution >= 4 is 5.78 Å². The smallest absolute Gasteiger partial charge is 0.138 e. The Kier molecular flexibility index (Phi) is 4.76. The molecule has 104 valence electrons. The van der Waals surface area contributed by atoms with Gasteiger partial charge in [0.2, 0.25) is 0 Å². The second-order valence-corrected chi connectivity index (χ2v) is 6.03. The number of aliphatic hydroxyl groups is 1. The first-order valence-corrected chi connectivity index (χ1v) is 7.34. The summed E-state index contributed by atoms with van der Waals surface area (Å²) in [5, 5.41) is 10.4. The highest BCUT2D eigenvalue weighted by Gasteiger charge is 2.40. The molecule has 1 aliphatic carbocycles. The quantitative estimate of drug-likeness (QED) is 0.882. The summed E-state index contributed by atoms with van der Waals surface area (Å²) in [5.74, 6) is 0.962. The van der Waals surface area contributed by atoms with Gasteiger partial charge in [0.15, 0.2) is 0 Å². The number of carbonyl (C=O) groups excluding carboxylic acids is 1. The van der Waals surface area contributed by atoms with E-state index in [-0.39, 0.29) is 11.7 Å². The van der Waals surface area contributed by atoms with E-state index in [1.165, 1.54) is 5.56 Å². The maximum atomic E-state index is 12.0. The van der Waals surface area contributed by atoms with Crippen LogP contribution in [0.3, 0.4) is 0 Å². The molecule has 3 atom stereocenters. The predicted octanol–water partition coefficient (Wildman–Crippen LogP) is 3.23. The van der Waals surface area contributed by atoms with Crippen molar-refractivity contribution in [2.24, 2.45) is 17.8 Å². The molecule has 2 rings (SSSR count). The fraction of sp³-hybridized carbons (Fsp3) is 0.588. The Morgan fingerprint density at radius 3 is 2.58 bits per heavy atom. The molecular formula is C17H24O2. The van der Waals surface area contributed by atoms with Crippen molar-refractivity contribution in [2.75, 3.05) is 0 Å². The average molecular weight is 260 g/mol. The minimum Gasteiger partial charge on any atom is -0.392 e. The molecule has 1 fully saturated rings. The number of rotatable bonds is 5. The first-order chi connectivity index (χ1) is 9.09. The van der Waals surface area contributed by atoms with Crippen LogP contribution >= 0.6 is 0 Å². The molecule has 0 radical (unpaired) electrons. The molecular weight excluding hydrogens is 236 g/mol. The van der Waals surface area contributed by atoms with Gasteiger partial charge in [-0.3, -0.25) is 4.79 Å². The number of benzene rings is 1. The maximum Gasteiger partial charge on any atom is 0.138 e. The van der Waals surface area contributed by atoms with E-state index >= 15 is 0 Å². The highest BCUT2D eigenvalue weighted by atomic mass is 16.3. The van der Waals surface area contributed by atoms with Gasteiger partial charge in [-0.25, -0.2) is 0 Å². The molecule has 1 aromatic carbocycles. The van der Waals surface area contributed by atoms with Crippen LogP contribution in [0.25, 0.3) is 0 Å². The van der Waals surface area contributed by atoms with E-state index in [1.54, 1.807) is 0 Å². The zero-order chi connectivity index (χ0) is 13.8. The van der Waals surface area contributed by atoms with Crippen molar-refractivity contribution in [3.63, 3.8) is 0 Å². The van der Waals surface area contributed by atoms with Gasteiger partial charge in [-0.1, -0.05) is 44.2 Å². The highest BCUT2D eigenvalue weighted by Crippen LogP contribution is 2.37. The van der Waals surface area contributed by atoms with Gasteiger partial charge in [0, 0.05) is 12.3 Å². The molecule has 1 aromatic rings. The topological polar surface area (TPSA) is 37.3 Å². The van der Waals surface area contributed by atoms with E-state index in [4.69, 9.17) is 0 Å². The monoisotopic (exact) mass is 260 g/mol. The summed E-state index contributed by atoms with van der Waals surface area (Å²) in [5.41, 5.74) is 1.23. The molecule has 19 heavy (non-hydrogen) atoms. The van der Waals surface area contributed by atoms with E-state index in [9.17, 15) is 9.90 Å². The van der Waals surface area contributed by atoms with Gasteiger partial charge < -0.3 is 5.11 Å². The zero-order valence-electron chi connectivity index (χ0n) is 11.9. The lowest BCUT2D eigenvalue weighted by molar-refractivity contribution is -0.125. The van der Waals surface area contributed by atoms with Gasteiger partial charge >= 0.3 is 0 Å². The number of aryl methyl sites for hydroxylation is 1. The third-order valence-corrected chi connectivity index (χ3v) is 4.40. The summed E-state index contributed by atoms with van der Waals surface area (Å²) >= 11 is 0. The molecule has 0 spiro atoms. The Bertz CT molecular complexity index is 411. The fourth-order valence-corrected chi connectivity index (χ4v) is 3.28. The van der Waals surface area contributed by atoms with Crippen LogP contribution in [0.5, 0.6) is 0 Å². The summed E-state index contributed by atoms with van der Waals surface area (Å²) in [4.78, 5) is 12.0. The molecule has 2 nitrogen and oxygen atoms in total. The van der Waals surface area contributed by atoms with Crippen molar-refractivity contribution < 1.29 is 9.90 Å². The van der Waals surface area contributed by atoms with Crippen LogP contribution in [-0.2, 0) is 11.2 Å². The van der Waals surface area contributed by atoms with Crippen LogP contribution in [0.15, 0.2) is 30.3 Å². The lowest BCUT2D eigenvalue weighted by Gasteiger charge is -2.26. The van der Waals surface area contributed by atoms with Crippen molar-refractivity contribution in [1.82, 2.24) is 0 Å². The van der Waals surface area contributed by atoms with Crippen LogP contribution in [0.4, 0.5) is 0 Å². The van der Waals surface area contributed by atoms with Gasteiger partial charge in [-0.2, -0.15) is 0 Å². The molecule has 0 amide bonds. The third-order valence-electron chi connectivity index (χ3n) is 4.40. The standard InChI is InChI=1S/C17H24O2/c1-12(2)14-9-11-16(19)17(14)15(18)10-8-13-6-4-3-5-7-13/h3-7,12,14-15,17-18H,8-11H2,1-2H3. The van der Waals surface area contributed by atoms with Crippen LogP contribution < -0.4 is 0 Å². The van der Waals surface area contributed by atoms with Crippen molar-refractivity contribution in [2.45, 2.75) is 45.6 Å². The molecule has 0 saturated heterocycles. The number of Topliss-reactive ketones (excluding diaryl/α,β-unsaturated/α-hetero) is 1. The van der Waals surface area contributed by atoms with E-state index in [0.717, 1.165) is 12.8 Å². The third kappa shape index (κ3) is 3.44. The minimum atomic E-state index is -0.484. The average Bonchev–Trinajstić information content (AvgIpc) is 2.79. The van der Waals surface area contributed by atoms with E-state index in [0.29, 0.717) is 24.7 Å². The van der Waals surface area contributed by atoms with Crippen LogP contribution in [0, 0.1) is 17.8 Å². The molecule has 0 bridgehead atoms. The number of hydrogen-bond donors (Lipinski definition) is 1. The van der Waals surface area contributed by atoms with Crippen molar-refractivity contribution in [3.05, 3.63) is 35.9 Å². The van der Waals surface area contributed by atoms with E-state index in [2.05, 4.69) is 26.0 Å². The van der Waals surface area contributed by atoms with Gasteiger partial charge in [0.1, 0.15) is 5.78 Å². The van der Waals surface area contributed by atoms with Crippen LogP contribution in [0.2, 0.25) is 0 Å². The Balaban J connectivity index is 1.95. The Labute approximate surface area is 115 Å². The van der Waals surface area contributed by atoms with Crippen molar-refractivity contribution in [1.29, 1.82) is 0 Å². The van der Waals surface area contributed by atoms with Crippen LogP contribution in [-0.4, -0.2) is 17.0 Å². The molecule has 1 aliphatic rings. The summed E-state index contributed by atoms with van der Waals surface area (Å²) < 4.78 is 0. The van der Waals surface area contributed by atoms with Gasteiger partial charge in [-0.05, 0) is 36.7 Å². The Morgan fingerprint density at radius 1 is 1.26 bits per heavy atom. The Morgan fingerprint density at radius 2 is 1.95 bits per heavy atom. The predicted molar refractivity (Wildman–Crippen MR) is 76.8 cm³/mol. The normalized spacial score (nSPS) is 24.9. The second kappa shape index (κ2) is 6.33. The second-order valence-electron chi connectivity index (χ2n) is 6.03. The first-order valence-electron chi connectivity index (χ1n) is 7.34. The molecule has 1 N–H and O–H groups in total. The highest BCUT2D eigenvalue weighted by molar-refractivity contribution is 5.84. The molecule has 0 heterocycles. The summed E-state index contributed by atoms with van der Waals surface area (Å²) in [6.45, 7) is 4.31. The summed E-state index contributed by atoms with van der Waals surface area (Å²) in [6, 6.07) is 10.2. The zero-order valence-corrected chi connectivity index (χ0v) is 11.9. The lowest BCUT2D eigenvalue weighted by atomic mass is 9.81. The van der Waals surface area contributed by atoms with Crippen LogP contribution in [0.1, 0.15) is 38.7 Å². The number of hydrogen-bond acceptors (Lipinski definition) is 2. The number of carbonyl (C=O) groups is 1. The molecule has 0 aromatic heterocycles. The maximum absolute atomic E-state index is 12.0. The Hall–Kier alpha value is -1.15. The minimum absolute atomic E-state index is 0.135. The molecule has 1 saturated carbocycles. The van der Waals surface area contributed by atoms with Gasteiger partial charge in [0.05, 0.1) is 6.10 Å². The SMILES string of the molecule is CC(C)C1CCC(=O)C1C(O)CCc1ccccc1. The largest absolute Gasteiger partial charge is 0.392 e. The molecule has 3 unspecified atom stereocenters. The van der Waals surface area contributed by atoms with Crippen molar-refractivity contribution in [3.8, 4) is 0 Å². The summed E-state index contributed by atoms with van der Waals surface area (Å²) in [7, 11) is 0. The lowest BCUT2D eigenvalue weighted by Crippen LogP contribution is -2.31. The van der Waals surface area contributed by atoms with Gasteiger partial charge in [0.25, 0.3) is 0 Å². The van der Waals surface area contributed by atoms with Gasteiger partial charge in [-0.15, -0.1) is 0 Å².